The van der Waals surface area contributed by atoms with Crippen molar-refractivity contribution < 1.29 is 19.4 Å². The molecule has 19 heavy (non-hydrogen) atoms. The van der Waals surface area contributed by atoms with Crippen LogP contribution in [0.15, 0.2) is 29.2 Å². The van der Waals surface area contributed by atoms with Crippen molar-refractivity contribution in [2.24, 2.45) is 0 Å². The molecule has 0 saturated carbocycles. The van der Waals surface area contributed by atoms with Crippen molar-refractivity contribution in [1.29, 1.82) is 0 Å². The Morgan fingerprint density at radius 1 is 1.26 bits per heavy atom. The third-order valence-electron chi connectivity index (χ3n) is 1.86. The molecule has 1 N–H and O–H groups in total. The molecule has 0 spiro atoms. The Labute approximate surface area is 116 Å². The number of hydrogen-bond acceptors (Lipinski definition) is 5. The van der Waals surface area contributed by atoms with E-state index < -0.39 is 17.7 Å². The average molecular weight is 282 g/mol. The molecule has 1 amide bonds. The Balaban J connectivity index is 2.52. The molecule has 0 aliphatic rings. The van der Waals surface area contributed by atoms with E-state index in [-0.39, 0.29) is 5.75 Å². The topological polar surface area (TPSA) is 78.5 Å². The Bertz CT molecular complexity index is 451. The molecule has 0 atom stereocenters. The van der Waals surface area contributed by atoms with E-state index in [1.807, 2.05) is 0 Å². The summed E-state index contributed by atoms with van der Waals surface area (Å²) in [5.41, 5.74) is 0.0426. The molecule has 6 heteroatoms. The average Bonchev–Trinajstić information content (AvgIpc) is 2.25. The molecular formula is C13H16NO4S-. The van der Waals surface area contributed by atoms with Gasteiger partial charge in [0.15, 0.2) is 0 Å². The first-order valence-corrected chi connectivity index (χ1v) is 6.67. The lowest BCUT2D eigenvalue weighted by Crippen LogP contribution is -2.27. The second-order valence-electron chi connectivity index (χ2n) is 4.81. The standard InChI is InChI=1S/C13H17NO4S/c1-13(2,3)18-12(17)14-9-4-6-10(7-5-9)19-8-11(15)16/h4-7H,8H2,1-3H3,(H,14,17)(H,15,16)/p-1. The van der Waals surface area contributed by atoms with Gasteiger partial charge in [-0.25, -0.2) is 4.79 Å². The minimum absolute atomic E-state index is 0.0984. The van der Waals surface area contributed by atoms with Gasteiger partial charge in [0.25, 0.3) is 0 Å². The number of carboxylic acid groups (broad SMARTS) is 1. The minimum atomic E-state index is -1.11. The number of hydrogen-bond donors (Lipinski definition) is 1. The summed E-state index contributed by atoms with van der Waals surface area (Å²) in [5.74, 6) is -1.21. The highest BCUT2D eigenvalue weighted by Gasteiger charge is 2.15. The van der Waals surface area contributed by atoms with Gasteiger partial charge < -0.3 is 14.6 Å². The summed E-state index contributed by atoms with van der Waals surface area (Å²) in [6.07, 6.45) is -0.525. The molecule has 0 radical (unpaired) electrons. The fourth-order valence-electron chi connectivity index (χ4n) is 1.20. The maximum absolute atomic E-state index is 11.5. The van der Waals surface area contributed by atoms with Crippen molar-refractivity contribution in [3.05, 3.63) is 24.3 Å². The quantitative estimate of drug-likeness (QED) is 0.853. The van der Waals surface area contributed by atoms with E-state index in [0.29, 0.717) is 5.69 Å². The van der Waals surface area contributed by atoms with Crippen LogP contribution in [0.1, 0.15) is 20.8 Å². The number of nitrogens with one attached hydrogen (secondary N) is 1. The second-order valence-corrected chi connectivity index (χ2v) is 5.86. The highest BCUT2D eigenvalue weighted by atomic mass is 32.2. The van der Waals surface area contributed by atoms with E-state index in [4.69, 9.17) is 4.74 Å². The molecule has 0 aromatic heterocycles. The number of anilines is 1. The van der Waals surface area contributed by atoms with Gasteiger partial charge in [-0.05, 0) is 45.0 Å². The van der Waals surface area contributed by atoms with Gasteiger partial charge in [0.1, 0.15) is 5.60 Å². The predicted molar refractivity (Wildman–Crippen MR) is 72.0 cm³/mol. The Hall–Kier alpha value is -1.69. The van der Waals surface area contributed by atoms with Crippen LogP contribution >= 0.6 is 11.8 Å². The number of carbonyl (C=O) groups is 2. The van der Waals surface area contributed by atoms with Crippen molar-refractivity contribution in [2.75, 3.05) is 11.1 Å². The highest BCUT2D eigenvalue weighted by molar-refractivity contribution is 8.00. The van der Waals surface area contributed by atoms with Crippen LogP contribution in [0.4, 0.5) is 10.5 Å². The number of amides is 1. The molecule has 0 aliphatic carbocycles. The smallest absolute Gasteiger partial charge is 0.412 e. The first-order chi connectivity index (χ1) is 8.76. The molecule has 0 unspecified atom stereocenters. The van der Waals surface area contributed by atoms with Gasteiger partial charge in [-0.15, -0.1) is 11.8 Å². The van der Waals surface area contributed by atoms with E-state index >= 15 is 0 Å². The Morgan fingerprint density at radius 2 is 1.84 bits per heavy atom. The molecule has 104 valence electrons. The number of aliphatic carboxylic acids is 1. The fourth-order valence-corrected chi connectivity index (χ4v) is 1.81. The largest absolute Gasteiger partial charge is 0.549 e. The van der Waals surface area contributed by atoms with Crippen LogP contribution in [0.25, 0.3) is 0 Å². The Kier molecular flexibility index (Phi) is 5.23. The molecule has 1 rings (SSSR count). The lowest BCUT2D eigenvalue weighted by Gasteiger charge is -2.19. The van der Waals surface area contributed by atoms with Crippen LogP contribution in [0, 0.1) is 0 Å². The van der Waals surface area contributed by atoms with Crippen molar-refractivity contribution in [1.82, 2.24) is 0 Å². The van der Waals surface area contributed by atoms with Crippen LogP contribution in [-0.2, 0) is 9.53 Å². The summed E-state index contributed by atoms with van der Waals surface area (Å²) in [4.78, 5) is 22.6. The molecule has 0 saturated heterocycles. The number of thioether (sulfide) groups is 1. The predicted octanol–water partition coefficient (Wildman–Crippen LogP) is 1.88. The number of benzene rings is 1. The number of rotatable bonds is 4. The van der Waals surface area contributed by atoms with Crippen molar-refractivity contribution >= 4 is 29.5 Å². The molecule has 1 aromatic carbocycles. The van der Waals surface area contributed by atoms with Crippen LogP contribution in [0.2, 0.25) is 0 Å². The minimum Gasteiger partial charge on any atom is -0.549 e. The molecule has 5 nitrogen and oxygen atoms in total. The summed E-state index contributed by atoms with van der Waals surface area (Å²) in [6, 6.07) is 6.81. The molecule has 0 fully saturated rings. The van der Waals surface area contributed by atoms with Crippen LogP contribution in [0.3, 0.4) is 0 Å². The van der Waals surface area contributed by atoms with Gasteiger partial charge >= 0.3 is 6.09 Å². The maximum Gasteiger partial charge on any atom is 0.412 e. The van der Waals surface area contributed by atoms with Gasteiger partial charge in [-0.2, -0.15) is 0 Å². The van der Waals surface area contributed by atoms with E-state index in [0.717, 1.165) is 16.7 Å². The van der Waals surface area contributed by atoms with Crippen molar-refractivity contribution in [3.63, 3.8) is 0 Å². The maximum atomic E-state index is 11.5. The third-order valence-corrected chi connectivity index (χ3v) is 2.84. The SMILES string of the molecule is CC(C)(C)OC(=O)Nc1ccc(SCC(=O)[O-])cc1. The number of carbonyl (C=O) groups excluding carboxylic acids is 2. The summed E-state index contributed by atoms with van der Waals surface area (Å²) < 4.78 is 5.11. The summed E-state index contributed by atoms with van der Waals surface area (Å²) in [5, 5.41) is 12.9. The van der Waals surface area contributed by atoms with Gasteiger partial charge in [0, 0.05) is 16.3 Å². The van der Waals surface area contributed by atoms with E-state index in [1.54, 1.807) is 45.0 Å². The lowest BCUT2D eigenvalue weighted by molar-refractivity contribution is -0.301. The molecule has 0 heterocycles. The van der Waals surface area contributed by atoms with Crippen molar-refractivity contribution in [2.45, 2.75) is 31.3 Å². The first kappa shape index (κ1) is 15.4. The van der Waals surface area contributed by atoms with Crippen LogP contribution in [0.5, 0.6) is 0 Å². The lowest BCUT2D eigenvalue weighted by atomic mass is 10.2. The normalized spacial score (nSPS) is 10.9. The van der Waals surface area contributed by atoms with Crippen molar-refractivity contribution in [3.8, 4) is 0 Å². The van der Waals surface area contributed by atoms with Crippen LogP contribution in [-0.4, -0.2) is 23.4 Å². The first-order valence-electron chi connectivity index (χ1n) is 5.69. The van der Waals surface area contributed by atoms with Gasteiger partial charge in [0.05, 0.1) is 5.97 Å². The van der Waals surface area contributed by atoms with E-state index in [2.05, 4.69) is 5.32 Å². The van der Waals surface area contributed by atoms with E-state index in [9.17, 15) is 14.7 Å². The fraction of sp³-hybridized carbons (Fsp3) is 0.385. The van der Waals surface area contributed by atoms with Gasteiger partial charge in [-0.3, -0.25) is 5.32 Å². The molecule has 0 bridgehead atoms. The zero-order valence-electron chi connectivity index (χ0n) is 11.1. The summed E-state index contributed by atoms with van der Waals surface area (Å²) >= 11 is 1.16. The highest BCUT2D eigenvalue weighted by Crippen LogP contribution is 2.20. The van der Waals surface area contributed by atoms with Crippen LogP contribution < -0.4 is 10.4 Å². The van der Waals surface area contributed by atoms with E-state index in [1.165, 1.54) is 0 Å². The zero-order chi connectivity index (χ0) is 14.5. The number of carboxylic acids is 1. The second kappa shape index (κ2) is 6.47. The molecule has 1 aromatic rings. The third kappa shape index (κ3) is 6.71. The van der Waals surface area contributed by atoms with Gasteiger partial charge in [0.2, 0.25) is 0 Å². The van der Waals surface area contributed by atoms with Gasteiger partial charge in [-0.1, -0.05) is 0 Å². The molecule has 0 aliphatic heterocycles. The number of ether oxygens (including phenoxy) is 1. The summed E-state index contributed by atoms with van der Waals surface area (Å²) in [6.45, 7) is 5.35. The monoisotopic (exact) mass is 282 g/mol. The zero-order valence-corrected chi connectivity index (χ0v) is 11.9. The molecular weight excluding hydrogens is 266 g/mol. The summed E-state index contributed by atoms with van der Waals surface area (Å²) in [7, 11) is 0. The Morgan fingerprint density at radius 3 is 2.32 bits per heavy atom.